The molecule has 166 valence electrons. The molecule has 1 aliphatic rings. The first-order valence-corrected chi connectivity index (χ1v) is 10.9. The molecule has 3 rings (SSSR count). The van der Waals surface area contributed by atoms with Crippen LogP contribution in [0.15, 0.2) is 55.3 Å². The number of piperidine rings is 1. The zero-order valence-corrected chi connectivity index (χ0v) is 18.6. The third kappa shape index (κ3) is 6.56. The van der Waals surface area contributed by atoms with Gasteiger partial charge in [-0.05, 0) is 49.1 Å². The van der Waals surface area contributed by atoms with Crippen LogP contribution in [0.3, 0.4) is 0 Å². The molecule has 1 fully saturated rings. The number of benzene rings is 1. The Morgan fingerprint density at radius 1 is 1.26 bits per heavy atom. The summed E-state index contributed by atoms with van der Waals surface area (Å²) in [6.45, 7) is 6.76. The van der Waals surface area contributed by atoms with Crippen molar-refractivity contribution in [2.45, 2.75) is 31.7 Å². The van der Waals surface area contributed by atoms with Crippen LogP contribution in [0.5, 0.6) is 11.5 Å². The number of likely N-dealkylation sites (N-methyl/N-ethyl adjacent to an activating group) is 1. The van der Waals surface area contributed by atoms with Gasteiger partial charge < -0.3 is 19.3 Å². The normalized spacial score (nSPS) is 14.8. The average molecular weight is 424 g/mol. The number of ether oxygens (including phenoxy) is 2. The molecule has 6 heteroatoms. The number of likely N-dealkylation sites (tertiary alicyclic amines) is 1. The fourth-order valence-electron chi connectivity index (χ4n) is 3.92. The number of carbonyl (C=O) groups is 1. The number of methoxy groups -OCH3 is 1. The zero-order chi connectivity index (χ0) is 22.1. The highest BCUT2D eigenvalue weighted by Gasteiger charge is 2.25. The van der Waals surface area contributed by atoms with Crippen molar-refractivity contribution in [3.8, 4) is 11.5 Å². The fraction of sp³-hybridized carbons (Fsp3) is 0.440. The maximum atomic E-state index is 12.7. The molecule has 1 aromatic heterocycles. The summed E-state index contributed by atoms with van der Waals surface area (Å²) in [4.78, 5) is 21.4. The second-order valence-electron chi connectivity index (χ2n) is 7.92. The minimum absolute atomic E-state index is 0.00750. The lowest BCUT2D eigenvalue weighted by molar-refractivity contribution is -0.135. The Morgan fingerprint density at radius 3 is 2.74 bits per heavy atom. The molecule has 6 nitrogen and oxygen atoms in total. The van der Waals surface area contributed by atoms with E-state index in [1.165, 1.54) is 0 Å². The van der Waals surface area contributed by atoms with E-state index in [-0.39, 0.29) is 18.6 Å². The molecule has 0 N–H and O–H groups in total. The van der Waals surface area contributed by atoms with Crippen molar-refractivity contribution < 1.29 is 14.3 Å². The number of amides is 1. The molecule has 1 amide bonds. The first kappa shape index (κ1) is 22.8. The highest BCUT2D eigenvalue weighted by molar-refractivity contribution is 5.78. The summed E-state index contributed by atoms with van der Waals surface area (Å²) < 4.78 is 11.2. The molecular weight excluding hydrogens is 390 g/mol. The van der Waals surface area contributed by atoms with E-state index in [0.717, 1.165) is 56.6 Å². The van der Waals surface area contributed by atoms with Crippen LogP contribution >= 0.6 is 0 Å². The summed E-state index contributed by atoms with van der Waals surface area (Å²) in [6.07, 6.45) is 7.36. The summed E-state index contributed by atoms with van der Waals surface area (Å²) in [7, 11) is 3.49. The molecular formula is C25H33N3O3. The van der Waals surface area contributed by atoms with Gasteiger partial charge in [-0.3, -0.25) is 9.78 Å². The molecule has 2 aromatic rings. The van der Waals surface area contributed by atoms with Crippen LogP contribution in [0.25, 0.3) is 0 Å². The van der Waals surface area contributed by atoms with Gasteiger partial charge in [-0.2, -0.15) is 0 Å². The van der Waals surface area contributed by atoms with Gasteiger partial charge in [-0.1, -0.05) is 18.2 Å². The van der Waals surface area contributed by atoms with Crippen LogP contribution in [-0.2, 0) is 17.6 Å². The fourth-order valence-corrected chi connectivity index (χ4v) is 3.92. The number of carbonyl (C=O) groups excluding carboxylic acids is 1. The Kier molecular flexibility index (Phi) is 8.47. The van der Waals surface area contributed by atoms with E-state index in [0.29, 0.717) is 11.5 Å². The standard InChI is InChI=1S/C25H33N3O3/c1-4-7-20-9-10-23(24(18-20)30-3)31-19-25(29)27(2)22-12-16-28(17-13-22)15-11-21-8-5-6-14-26-21/h4-6,8-10,14,18,22H,1,7,11-13,15-17,19H2,2-3H3. The number of aromatic nitrogens is 1. The van der Waals surface area contributed by atoms with Gasteiger partial charge >= 0.3 is 0 Å². The van der Waals surface area contributed by atoms with Crippen LogP contribution in [0.2, 0.25) is 0 Å². The summed E-state index contributed by atoms with van der Waals surface area (Å²) in [5.74, 6) is 1.21. The minimum Gasteiger partial charge on any atom is -0.493 e. The van der Waals surface area contributed by atoms with Crippen molar-refractivity contribution in [3.05, 3.63) is 66.5 Å². The summed E-state index contributed by atoms with van der Waals surface area (Å²) in [5.41, 5.74) is 2.22. The first-order valence-electron chi connectivity index (χ1n) is 10.9. The number of nitrogens with zero attached hydrogens (tertiary/aromatic N) is 3. The van der Waals surface area contributed by atoms with Gasteiger partial charge in [-0.15, -0.1) is 6.58 Å². The molecule has 1 saturated heterocycles. The smallest absolute Gasteiger partial charge is 0.260 e. The lowest BCUT2D eigenvalue weighted by Gasteiger charge is -2.36. The predicted molar refractivity (Wildman–Crippen MR) is 123 cm³/mol. The molecule has 0 radical (unpaired) electrons. The largest absolute Gasteiger partial charge is 0.493 e. The molecule has 31 heavy (non-hydrogen) atoms. The maximum Gasteiger partial charge on any atom is 0.260 e. The van der Waals surface area contributed by atoms with Gasteiger partial charge in [0.2, 0.25) is 0 Å². The van der Waals surface area contributed by atoms with Crippen LogP contribution in [0.1, 0.15) is 24.1 Å². The Morgan fingerprint density at radius 2 is 2.06 bits per heavy atom. The Hall–Kier alpha value is -2.86. The van der Waals surface area contributed by atoms with Crippen molar-refractivity contribution in [2.24, 2.45) is 0 Å². The maximum absolute atomic E-state index is 12.7. The summed E-state index contributed by atoms with van der Waals surface area (Å²) in [6, 6.07) is 12.0. The van der Waals surface area contributed by atoms with E-state index in [1.54, 1.807) is 7.11 Å². The number of rotatable bonds is 10. The van der Waals surface area contributed by atoms with Crippen molar-refractivity contribution in [3.63, 3.8) is 0 Å². The van der Waals surface area contributed by atoms with Crippen molar-refractivity contribution in [1.82, 2.24) is 14.8 Å². The monoisotopic (exact) mass is 423 g/mol. The van der Waals surface area contributed by atoms with Gasteiger partial charge in [0, 0.05) is 51.0 Å². The SMILES string of the molecule is C=CCc1ccc(OCC(=O)N(C)C2CCN(CCc3ccccn3)CC2)c(OC)c1. The second kappa shape index (κ2) is 11.5. The molecule has 0 spiro atoms. The molecule has 0 bridgehead atoms. The van der Waals surface area contributed by atoms with Crippen LogP contribution in [0, 0.1) is 0 Å². The van der Waals surface area contributed by atoms with E-state index in [1.807, 2.05) is 54.6 Å². The zero-order valence-electron chi connectivity index (χ0n) is 18.6. The van der Waals surface area contributed by atoms with Crippen molar-refractivity contribution in [2.75, 3.05) is 40.4 Å². The predicted octanol–water partition coefficient (Wildman–Crippen LogP) is 3.36. The molecule has 0 atom stereocenters. The van der Waals surface area contributed by atoms with Crippen molar-refractivity contribution >= 4 is 5.91 Å². The molecule has 1 aliphatic heterocycles. The van der Waals surface area contributed by atoms with Crippen LogP contribution < -0.4 is 9.47 Å². The molecule has 0 saturated carbocycles. The van der Waals surface area contributed by atoms with Gasteiger partial charge in [0.15, 0.2) is 18.1 Å². The van der Waals surface area contributed by atoms with Crippen molar-refractivity contribution in [1.29, 1.82) is 0 Å². The lowest BCUT2D eigenvalue weighted by Crippen LogP contribution is -2.47. The third-order valence-corrected chi connectivity index (χ3v) is 5.87. The van der Waals surface area contributed by atoms with Crippen LogP contribution in [-0.4, -0.2) is 67.1 Å². The minimum atomic E-state index is -0.0100. The molecule has 1 aromatic carbocycles. The molecule has 2 heterocycles. The number of pyridine rings is 1. The first-order chi connectivity index (χ1) is 15.1. The highest BCUT2D eigenvalue weighted by atomic mass is 16.5. The number of hydrogen-bond donors (Lipinski definition) is 0. The number of hydrogen-bond acceptors (Lipinski definition) is 5. The summed E-state index contributed by atoms with van der Waals surface area (Å²) >= 11 is 0. The van der Waals surface area contributed by atoms with E-state index < -0.39 is 0 Å². The van der Waals surface area contributed by atoms with Gasteiger partial charge in [-0.25, -0.2) is 0 Å². The highest BCUT2D eigenvalue weighted by Crippen LogP contribution is 2.28. The van der Waals surface area contributed by atoms with Crippen LogP contribution in [0.4, 0.5) is 0 Å². The van der Waals surface area contributed by atoms with Gasteiger partial charge in [0.25, 0.3) is 5.91 Å². The van der Waals surface area contributed by atoms with E-state index >= 15 is 0 Å². The number of allylic oxidation sites excluding steroid dienone is 1. The molecule has 0 aliphatic carbocycles. The van der Waals surface area contributed by atoms with E-state index in [9.17, 15) is 4.79 Å². The van der Waals surface area contributed by atoms with Gasteiger partial charge in [0.05, 0.1) is 7.11 Å². The summed E-state index contributed by atoms with van der Waals surface area (Å²) in [5, 5.41) is 0. The third-order valence-electron chi connectivity index (χ3n) is 5.87. The Bertz CT molecular complexity index is 848. The van der Waals surface area contributed by atoms with Gasteiger partial charge in [0.1, 0.15) is 0 Å². The van der Waals surface area contributed by atoms with E-state index in [2.05, 4.69) is 22.5 Å². The quantitative estimate of drug-likeness (QED) is 0.549. The Labute approximate surface area is 185 Å². The Balaban J connectivity index is 1.44. The van der Waals surface area contributed by atoms with E-state index in [4.69, 9.17) is 9.47 Å². The topological polar surface area (TPSA) is 54.9 Å². The molecule has 0 unspecified atom stereocenters. The second-order valence-corrected chi connectivity index (χ2v) is 7.92. The average Bonchev–Trinajstić information content (AvgIpc) is 2.82. The lowest BCUT2D eigenvalue weighted by atomic mass is 10.0.